The Hall–Kier alpha value is -3.22. The average molecular weight is 359 g/mol. The zero-order valence-corrected chi connectivity index (χ0v) is 15.1. The van der Waals surface area contributed by atoms with E-state index in [0.29, 0.717) is 28.4 Å². The zero-order valence-electron chi connectivity index (χ0n) is 15.1. The van der Waals surface area contributed by atoms with Crippen LogP contribution in [0.15, 0.2) is 36.4 Å². The number of hydrogen-bond acceptors (Lipinski definition) is 6. The van der Waals surface area contributed by atoms with Gasteiger partial charge >= 0.3 is 5.97 Å². The molecule has 0 heterocycles. The van der Waals surface area contributed by atoms with Crippen molar-refractivity contribution in [2.75, 3.05) is 28.4 Å². The fourth-order valence-electron chi connectivity index (χ4n) is 2.40. The SMILES string of the molecule is COC(=O)c1cc(CNC(=O)c2ccc(OC)c(OC)c2)ccc1OC. The maximum absolute atomic E-state index is 12.4. The van der Waals surface area contributed by atoms with Gasteiger partial charge in [-0.15, -0.1) is 0 Å². The summed E-state index contributed by atoms with van der Waals surface area (Å²) in [6, 6.07) is 9.95. The fourth-order valence-corrected chi connectivity index (χ4v) is 2.40. The van der Waals surface area contributed by atoms with Crippen LogP contribution in [0.1, 0.15) is 26.3 Å². The highest BCUT2D eigenvalue weighted by atomic mass is 16.5. The van der Waals surface area contributed by atoms with E-state index in [1.165, 1.54) is 28.4 Å². The van der Waals surface area contributed by atoms with E-state index in [-0.39, 0.29) is 12.5 Å². The third-order valence-corrected chi connectivity index (χ3v) is 3.77. The molecule has 0 radical (unpaired) electrons. The van der Waals surface area contributed by atoms with Crippen LogP contribution in [-0.4, -0.2) is 40.3 Å². The Morgan fingerprint density at radius 3 is 2.12 bits per heavy atom. The molecule has 2 aromatic rings. The number of benzene rings is 2. The van der Waals surface area contributed by atoms with Gasteiger partial charge in [-0.3, -0.25) is 4.79 Å². The van der Waals surface area contributed by atoms with Gasteiger partial charge in [-0.2, -0.15) is 0 Å². The van der Waals surface area contributed by atoms with E-state index in [2.05, 4.69) is 5.32 Å². The first-order valence-electron chi connectivity index (χ1n) is 7.79. The molecule has 0 bridgehead atoms. The summed E-state index contributed by atoms with van der Waals surface area (Å²) in [5.74, 6) is 0.641. The first-order valence-corrected chi connectivity index (χ1v) is 7.79. The molecule has 26 heavy (non-hydrogen) atoms. The molecule has 0 saturated heterocycles. The van der Waals surface area contributed by atoms with Crippen molar-refractivity contribution >= 4 is 11.9 Å². The van der Waals surface area contributed by atoms with Crippen molar-refractivity contribution in [3.63, 3.8) is 0 Å². The largest absolute Gasteiger partial charge is 0.496 e. The second kappa shape index (κ2) is 8.75. The molecule has 7 heteroatoms. The lowest BCUT2D eigenvalue weighted by atomic mass is 10.1. The lowest BCUT2D eigenvalue weighted by molar-refractivity contribution is 0.0597. The molecule has 0 aromatic heterocycles. The van der Waals surface area contributed by atoms with E-state index in [4.69, 9.17) is 18.9 Å². The number of carbonyl (C=O) groups is 2. The van der Waals surface area contributed by atoms with Crippen LogP contribution >= 0.6 is 0 Å². The van der Waals surface area contributed by atoms with Crippen molar-refractivity contribution in [2.24, 2.45) is 0 Å². The molecular weight excluding hydrogens is 338 g/mol. The predicted molar refractivity (Wildman–Crippen MR) is 95.0 cm³/mol. The summed E-state index contributed by atoms with van der Waals surface area (Å²) in [5.41, 5.74) is 1.47. The number of methoxy groups -OCH3 is 4. The molecule has 0 aliphatic heterocycles. The molecule has 1 N–H and O–H groups in total. The van der Waals surface area contributed by atoms with Crippen LogP contribution in [0.2, 0.25) is 0 Å². The predicted octanol–water partition coefficient (Wildman–Crippen LogP) is 2.43. The summed E-state index contributed by atoms with van der Waals surface area (Å²) in [4.78, 5) is 24.2. The van der Waals surface area contributed by atoms with E-state index in [9.17, 15) is 9.59 Å². The zero-order chi connectivity index (χ0) is 19.1. The van der Waals surface area contributed by atoms with Gasteiger partial charge in [0.2, 0.25) is 0 Å². The van der Waals surface area contributed by atoms with Gasteiger partial charge in [0.1, 0.15) is 11.3 Å². The van der Waals surface area contributed by atoms with Crippen molar-refractivity contribution < 1.29 is 28.5 Å². The van der Waals surface area contributed by atoms with E-state index in [1.807, 2.05) is 0 Å². The lowest BCUT2D eigenvalue weighted by Crippen LogP contribution is -2.23. The Kier molecular flexibility index (Phi) is 6.43. The number of amides is 1. The second-order valence-electron chi connectivity index (χ2n) is 5.28. The molecule has 138 valence electrons. The maximum Gasteiger partial charge on any atom is 0.341 e. The first-order chi connectivity index (χ1) is 12.5. The Balaban J connectivity index is 2.13. The molecule has 0 saturated carbocycles. The topological polar surface area (TPSA) is 83.1 Å². The summed E-state index contributed by atoms with van der Waals surface area (Å²) in [5, 5.41) is 2.80. The Labute approximate surface area is 151 Å². The monoisotopic (exact) mass is 359 g/mol. The van der Waals surface area contributed by atoms with Crippen LogP contribution in [0.3, 0.4) is 0 Å². The smallest absolute Gasteiger partial charge is 0.341 e. The lowest BCUT2D eigenvalue weighted by Gasteiger charge is -2.11. The number of hydrogen-bond donors (Lipinski definition) is 1. The van der Waals surface area contributed by atoms with Gasteiger partial charge in [-0.05, 0) is 35.9 Å². The van der Waals surface area contributed by atoms with E-state index in [1.54, 1.807) is 36.4 Å². The summed E-state index contributed by atoms with van der Waals surface area (Å²) in [6.45, 7) is 0.237. The summed E-state index contributed by atoms with van der Waals surface area (Å²) in [6.07, 6.45) is 0. The van der Waals surface area contributed by atoms with Crippen LogP contribution in [0.4, 0.5) is 0 Å². The van der Waals surface area contributed by atoms with Crippen LogP contribution in [0.25, 0.3) is 0 Å². The molecule has 0 fully saturated rings. The highest BCUT2D eigenvalue weighted by Crippen LogP contribution is 2.27. The minimum atomic E-state index is -0.505. The normalized spacial score (nSPS) is 10.0. The van der Waals surface area contributed by atoms with Crippen LogP contribution in [-0.2, 0) is 11.3 Å². The minimum Gasteiger partial charge on any atom is -0.496 e. The van der Waals surface area contributed by atoms with Crippen molar-refractivity contribution in [3.05, 3.63) is 53.1 Å². The molecular formula is C19H21NO6. The van der Waals surface area contributed by atoms with Crippen LogP contribution < -0.4 is 19.5 Å². The Morgan fingerprint density at radius 1 is 0.846 bits per heavy atom. The van der Waals surface area contributed by atoms with Gasteiger partial charge in [0.05, 0.1) is 28.4 Å². The van der Waals surface area contributed by atoms with Gasteiger partial charge in [-0.25, -0.2) is 4.79 Å². The van der Waals surface area contributed by atoms with E-state index < -0.39 is 5.97 Å². The van der Waals surface area contributed by atoms with E-state index >= 15 is 0 Å². The molecule has 7 nitrogen and oxygen atoms in total. The quantitative estimate of drug-likeness (QED) is 0.765. The maximum atomic E-state index is 12.4. The van der Waals surface area contributed by atoms with Gasteiger partial charge in [-0.1, -0.05) is 6.07 Å². The van der Waals surface area contributed by atoms with Gasteiger partial charge in [0.15, 0.2) is 11.5 Å². The molecule has 0 aliphatic rings. The van der Waals surface area contributed by atoms with Crippen molar-refractivity contribution in [1.82, 2.24) is 5.32 Å². The fraction of sp³-hybridized carbons (Fsp3) is 0.263. The summed E-state index contributed by atoms with van der Waals surface area (Å²) < 4.78 is 20.3. The van der Waals surface area contributed by atoms with Crippen molar-refractivity contribution in [1.29, 1.82) is 0 Å². The standard InChI is InChI=1S/C19H21NO6/c1-23-15-7-5-12(9-14(15)19(22)26-4)11-20-18(21)13-6-8-16(24-2)17(10-13)25-3/h5-10H,11H2,1-4H3,(H,20,21). The Morgan fingerprint density at radius 2 is 1.50 bits per heavy atom. The molecule has 0 atom stereocenters. The van der Waals surface area contributed by atoms with Gasteiger partial charge in [0.25, 0.3) is 5.91 Å². The molecule has 0 unspecified atom stereocenters. The number of esters is 1. The Bertz CT molecular complexity index is 803. The highest BCUT2D eigenvalue weighted by Gasteiger charge is 2.15. The molecule has 0 spiro atoms. The van der Waals surface area contributed by atoms with Crippen molar-refractivity contribution in [3.8, 4) is 17.2 Å². The molecule has 2 aromatic carbocycles. The van der Waals surface area contributed by atoms with Crippen molar-refractivity contribution in [2.45, 2.75) is 6.54 Å². The number of rotatable bonds is 7. The third-order valence-electron chi connectivity index (χ3n) is 3.77. The van der Waals surface area contributed by atoms with Crippen LogP contribution in [0.5, 0.6) is 17.2 Å². The number of nitrogens with one attached hydrogen (secondary N) is 1. The summed E-state index contributed by atoms with van der Waals surface area (Å²) in [7, 11) is 5.80. The van der Waals surface area contributed by atoms with Crippen LogP contribution in [0, 0.1) is 0 Å². The average Bonchev–Trinajstić information content (AvgIpc) is 2.70. The molecule has 2 rings (SSSR count). The highest BCUT2D eigenvalue weighted by molar-refractivity contribution is 5.95. The third kappa shape index (κ3) is 4.24. The van der Waals surface area contributed by atoms with Gasteiger partial charge < -0.3 is 24.3 Å². The second-order valence-corrected chi connectivity index (χ2v) is 5.28. The summed E-state index contributed by atoms with van der Waals surface area (Å²) >= 11 is 0. The minimum absolute atomic E-state index is 0.237. The molecule has 0 aliphatic carbocycles. The number of ether oxygens (including phenoxy) is 4. The molecule has 1 amide bonds. The first kappa shape index (κ1) is 19.1. The van der Waals surface area contributed by atoms with E-state index in [0.717, 1.165) is 5.56 Å². The number of carbonyl (C=O) groups excluding carboxylic acids is 2. The van der Waals surface area contributed by atoms with Gasteiger partial charge in [0, 0.05) is 12.1 Å².